The molecule has 138 heavy (non-hydrogen) atoms. The van der Waals surface area contributed by atoms with Crippen molar-refractivity contribution in [1.29, 1.82) is 0 Å². The van der Waals surface area contributed by atoms with E-state index in [1.807, 2.05) is 0 Å². The third kappa shape index (κ3) is 33.1. The largest absolute Gasteiger partial charge is 0.480 e. The van der Waals surface area contributed by atoms with Crippen LogP contribution in [0.15, 0.2) is 117 Å². The fourth-order valence-electron chi connectivity index (χ4n) is 16.0. The number of Topliss-reactive ketones (excluding diaryl/α,β-unsaturated/α-hetero) is 1. The van der Waals surface area contributed by atoms with Crippen LogP contribution in [0.1, 0.15) is 97.8 Å². The molecule has 4 aromatic carbocycles. The second kappa shape index (κ2) is 49.5. The van der Waals surface area contributed by atoms with Crippen molar-refractivity contribution >= 4 is 128 Å². The third-order valence-electron chi connectivity index (χ3n) is 22.3. The van der Waals surface area contributed by atoms with Gasteiger partial charge in [-0.3, -0.25) is 82.2 Å². The number of anilines is 2. The molecule has 0 bridgehead atoms. The maximum atomic E-state index is 15.0. The summed E-state index contributed by atoms with van der Waals surface area (Å²) in [6.07, 6.45) is 0.159. The van der Waals surface area contributed by atoms with Crippen molar-refractivity contribution in [2.24, 2.45) is 0 Å². The van der Waals surface area contributed by atoms with E-state index in [4.69, 9.17) is 0 Å². The highest BCUT2D eigenvalue weighted by Gasteiger charge is 2.38. The van der Waals surface area contributed by atoms with Gasteiger partial charge in [0.2, 0.25) is 54.5 Å². The number of aliphatic hydroxyl groups excluding tert-OH is 2. The quantitative estimate of drug-likeness (QED) is 0.00872. The highest BCUT2D eigenvalue weighted by Crippen LogP contribution is 2.33. The van der Waals surface area contributed by atoms with Gasteiger partial charge in [-0.25, -0.2) is 26.8 Å². The van der Waals surface area contributed by atoms with E-state index < -0.39 is 216 Å². The van der Waals surface area contributed by atoms with Crippen molar-refractivity contribution in [2.75, 3.05) is 127 Å². The number of fused-ring (bicyclic) bond motifs is 2. The number of hydrogen-bond acceptors (Lipinski definition) is 33. The lowest BCUT2D eigenvalue weighted by molar-refractivity contribution is -0.585. The molecule has 0 spiro atoms. The molecule has 0 saturated carbocycles. The Morgan fingerprint density at radius 3 is 1.37 bits per heavy atom. The third-order valence-corrected chi connectivity index (χ3v) is 27.4. The number of carboxylic acid groups (broad SMARTS) is 2. The second-order valence-corrected chi connectivity index (χ2v) is 40.0. The zero-order valence-electron chi connectivity index (χ0n) is 76.6. The van der Waals surface area contributed by atoms with Crippen molar-refractivity contribution < 1.29 is 122 Å². The number of carboxylic acids is 2. The number of imidazole rings is 2. The first kappa shape index (κ1) is 110. The van der Waals surface area contributed by atoms with E-state index in [9.17, 15) is 127 Å². The van der Waals surface area contributed by atoms with E-state index in [1.54, 1.807) is 98.4 Å². The highest BCUT2D eigenvalue weighted by atomic mass is 32.3. The summed E-state index contributed by atoms with van der Waals surface area (Å²) in [4.78, 5) is 188. The van der Waals surface area contributed by atoms with Gasteiger partial charge in [-0.1, -0.05) is 47.5 Å². The normalized spacial score (nSPS) is 15.0. The molecule has 22 N–H and O–H groups in total. The maximum Gasteiger partial charge on any atom is 0.323 e. The summed E-state index contributed by atoms with van der Waals surface area (Å²) in [5.41, 5.74) is 1.65. The second-order valence-electron chi connectivity index (χ2n) is 33.6. The van der Waals surface area contributed by atoms with Crippen LogP contribution in [0.25, 0.3) is 21.8 Å². The van der Waals surface area contributed by atoms with E-state index in [0.717, 1.165) is 30.4 Å². The molecule has 6 amide bonds. The summed E-state index contributed by atoms with van der Waals surface area (Å²) >= 11 is 0. The molecular weight excluding hydrogens is 1890 g/mol. The number of benzene rings is 4. The Balaban J connectivity index is 0.964. The average molecular weight is 2010 g/mol. The molecule has 1 fully saturated rings. The summed E-state index contributed by atoms with van der Waals surface area (Å²) in [5.74, 6) is -12.8. The number of hydrogen-bond donors (Lipinski definition) is 22. The number of carbonyl (C=O) groups is 9. The van der Waals surface area contributed by atoms with E-state index >= 15 is 4.79 Å². The van der Waals surface area contributed by atoms with Crippen molar-refractivity contribution in [3.8, 4) is 0 Å². The number of H-pyrrole nitrogens is 2. The first-order valence-electron chi connectivity index (χ1n) is 43.6. The molecule has 9 rings (SSSR count). The maximum absolute atomic E-state index is 15.0. The summed E-state index contributed by atoms with van der Waals surface area (Å²) in [7, 11) is -18.9. The fraction of sp³-hybridized carbons (Fsp3) is 0.471. The number of nitroso groups, excluding NO2 is 1. The Morgan fingerprint density at radius 2 is 0.949 bits per heavy atom. The Bertz CT molecular complexity index is 6170. The van der Waals surface area contributed by atoms with Crippen LogP contribution in [0, 0.1) is 46.4 Å². The molecule has 1 aliphatic heterocycles. The molecule has 4 aromatic heterocycles. The minimum absolute atomic E-state index is 0.0196. The van der Waals surface area contributed by atoms with Crippen LogP contribution in [0.4, 0.5) is 11.9 Å². The summed E-state index contributed by atoms with van der Waals surface area (Å²) < 4.78 is 130. The van der Waals surface area contributed by atoms with Gasteiger partial charge >= 0.3 is 11.9 Å². The van der Waals surface area contributed by atoms with Crippen LogP contribution >= 0.6 is 10.9 Å². The number of aliphatic carboxylic acids is 2. The molecular formula is C85H118N21O28S4+. The number of β-amino-alcohol motifs (C(OH)–C–C–N with tert-alkyl or cyclic N) is 4. The average Bonchev–Trinajstić information content (AvgIpc) is 1.22. The molecule has 8 aromatic rings. The van der Waals surface area contributed by atoms with Crippen molar-refractivity contribution in [1.82, 2.24) is 90.0 Å². The van der Waals surface area contributed by atoms with Crippen LogP contribution in [0.2, 0.25) is 0 Å². The lowest BCUT2D eigenvalue weighted by atomic mass is 10.1. The summed E-state index contributed by atoms with van der Waals surface area (Å²) in [6.45, 7) is 6.00. The number of ketones is 1. The molecule has 5 atom stereocenters. The van der Waals surface area contributed by atoms with Gasteiger partial charge in [0.15, 0.2) is 36.8 Å². The zero-order valence-corrected chi connectivity index (χ0v) is 79.9. The van der Waals surface area contributed by atoms with Crippen molar-refractivity contribution in [3.63, 3.8) is 0 Å². The Labute approximate surface area is 794 Å². The first-order chi connectivity index (χ1) is 64.9. The zero-order chi connectivity index (χ0) is 101. The number of nitrogens with zero attached hydrogens (tertiary/aromatic N) is 9. The van der Waals surface area contributed by atoms with Gasteiger partial charge in [0.1, 0.15) is 35.0 Å². The fourth-order valence-corrected chi connectivity index (χ4v) is 20.6. The Hall–Kier alpha value is -12.0. The molecule has 754 valence electrons. The Morgan fingerprint density at radius 1 is 0.514 bits per heavy atom. The molecule has 0 radical (unpaired) electrons. The number of carbonyl (C=O) groups excluding carboxylic acids is 7. The van der Waals surface area contributed by atoms with Gasteiger partial charge in [-0.05, 0) is 119 Å². The molecule has 5 heterocycles. The van der Waals surface area contributed by atoms with Crippen LogP contribution in [0.3, 0.4) is 0 Å². The standard InChI is InChI=1S/C85H117N21O28S4/c1-50-32-52(3)77(53(4)33-50)137(131,132)98-64(56(7)107)40-91-79(118)62-43-105(68-37-58(11-13-60(68)76(62)117)39-94-85-89-19-20-90-85)22-9-23-106(124)69(49-136(128,129)130)97-82(121)63(95-71(109)44-100-24-26-101(45-72(110)111)28-30-103(47-74(114)115)31-29-102(27-25-100)46-73(112)113)14-15-70(108)96-66(48-135(125,126)127)81(120)86-16-8-21-104-42-61(75(116)59-12-10-57(36-67(59)104)38-93-84-87-17-18-88-84)80(119)92-41-65(83(122)123)99-138(133,134)78-54(5)34-51(2)35-55(78)6/h10-13,17-20,32-37,42-43,63-66,69,72,74,98-99,110-111,114-115H,8-9,14-16,21-31,38-41,44-49H2,1-7H3,(H15-,86,87,88,89,90,91,92,93,94,95,96,97,108,109,112,113,118,119,120,121,122,123,125,126,127,128,129,130)/p+1/t63-,64-,65-,66-,69+/m0/s1. The lowest BCUT2D eigenvalue weighted by Crippen LogP contribution is -2.56. The van der Waals surface area contributed by atoms with Crippen molar-refractivity contribution in [3.05, 3.63) is 179 Å². The minimum Gasteiger partial charge on any atom is -0.480 e. The summed E-state index contributed by atoms with van der Waals surface area (Å²) in [5, 5.41) is 80.5. The monoisotopic (exact) mass is 2010 g/mol. The molecule has 53 heteroatoms. The van der Waals surface area contributed by atoms with E-state index in [1.165, 1.54) is 57.3 Å². The van der Waals surface area contributed by atoms with Crippen LogP contribution < -0.4 is 62.8 Å². The van der Waals surface area contributed by atoms with E-state index in [2.05, 4.69) is 71.9 Å². The summed E-state index contributed by atoms with van der Waals surface area (Å²) in [6, 6.07) is 7.99. The van der Waals surface area contributed by atoms with Gasteiger partial charge in [0.05, 0.1) is 56.6 Å². The van der Waals surface area contributed by atoms with Gasteiger partial charge in [0.25, 0.3) is 28.1 Å². The number of aryl methyl sites for hydroxylation is 8. The molecule has 0 unspecified atom stereocenters. The predicted octanol–water partition coefficient (Wildman–Crippen LogP) is -1.73. The number of aliphatic hydroxyl groups is 4. The molecule has 1 aliphatic rings. The van der Waals surface area contributed by atoms with Gasteiger partial charge < -0.3 is 101 Å². The van der Waals surface area contributed by atoms with Gasteiger partial charge in [0, 0.05) is 182 Å². The van der Waals surface area contributed by atoms with Crippen molar-refractivity contribution in [2.45, 2.75) is 153 Å². The predicted molar refractivity (Wildman–Crippen MR) is 503 cm³/mol. The van der Waals surface area contributed by atoms with Gasteiger partial charge in [-0.15, -0.1) is 0 Å². The number of sulfonamides is 2. The number of nitrogens with one attached hydrogen (secondary N) is 12. The molecule has 1 saturated heterocycles. The number of aromatic amines is 2. The van der Waals surface area contributed by atoms with Gasteiger partial charge in [-0.2, -0.15) is 17.9 Å². The first-order valence-corrected chi connectivity index (χ1v) is 49.8. The van der Waals surface area contributed by atoms with Crippen LogP contribution in [-0.2, 0) is 89.9 Å². The molecule has 0 aliphatic carbocycles. The number of pyridine rings is 2. The SMILES string of the molecule is CC(=O)[C@H](CNC(=O)c1cn(CCC[N+](=O)[C@H](CS(=O)(=O)O)NC(=O)[C@H](CCC(=O)N[C@@H](CS(O)(O)O)C(=O)NCCCn2cc(C(=O)NC[C@H](NS(=O)(=O)c3c(C)cc(C)cc3C)C(=O)O)c(=O)c3ccc(CNc4ncc[nH]4)cc32)NC(=O)CN2CCN(CC(=O)O)CCN(CC(O)O)CCN(CC(O)O)CC2)c2cc(CNc3ncc[nH]3)ccc2c1=O)NS(=O)(=O)c1c(C)cc(C)cc1C. The van der Waals surface area contributed by atoms with Crippen LogP contribution in [0.5, 0.6) is 0 Å². The number of rotatable bonds is 49. The minimum atomic E-state index is -5.29. The van der Waals surface area contributed by atoms with E-state index in [0.29, 0.717) is 45.3 Å². The topological polar surface area (TPSA) is 713 Å². The highest BCUT2D eigenvalue weighted by molar-refractivity contribution is 8.19. The lowest BCUT2D eigenvalue weighted by Gasteiger charge is -2.34. The number of amides is 6. The number of aromatic nitrogens is 6. The van der Waals surface area contributed by atoms with E-state index in [-0.39, 0.29) is 147 Å². The molecule has 49 nitrogen and oxygen atoms in total. The van der Waals surface area contributed by atoms with Crippen LogP contribution in [-0.4, -0.2) is 340 Å². The Kier molecular flexibility index (Phi) is 39.3. The smallest absolute Gasteiger partial charge is 0.323 e.